The summed E-state index contributed by atoms with van der Waals surface area (Å²) < 4.78 is 11.6. The molecular weight excluding hydrogens is 79.1 g/mol. The molecular formula is C5H8F. The van der Waals surface area contributed by atoms with Gasteiger partial charge in [0.05, 0.1) is 5.83 Å². The maximum absolute atomic E-state index is 11.6. The maximum atomic E-state index is 11.6. The first-order valence-corrected chi connectivity index (χ1v) is 1.79. The fourth-order valence-corrected chi connectivity index (χ4v) is 0. The fourth-order valence-electron chi connectivity index (χ4n) is 0. The molecule has 0 unspecified atom stereocenters. The summed E-state index contributed by atoms with van der Waals surface area (Å²) in [6.07, 6.45) is 0. The van der Waals surface area contributed by atoms with Crippen LogP contribution in [0.4, 0.5) is 4.39 Å². The molecule has 0 fully saturated rings. The van der Waals surface area contributed by atoms with Crippen LogP contribution in [-0.4, -0.2) is 0 Å². The number of allylic oxidation sites excluding steroid dienone is 2. The first-order chi connectivity index (χ1) is 2.64. The second-order valence-corrected chi connectivity index (χ2v) is 1.31. The molecule has 0 rings (SSSR count). The Bertz CT molecular complexity index is 54.0. The van der Waals surface area contributed by atoms with E-state index in [1.54, 1.807) is 6.92 Å². The molecule has 0 aliphatic carbocycles. The van der Waals surface area contributed by atoms with Gasteiger partial charge >= 0.3 is 0 Å². The lowest BCUT2D eigenvalue weighted by Crippen LogP contribution is -1.64. The van der Waals surface area contributed by atoms with E-state index in [-0.39, 0.29) is 5.83 Å². The van der Waals surface area contributed by atoms with E-state index in [2.05, 4.69) is 6.92 Å². The molecule has 0 spiro atoms. The highest BCUT2D eigenvalue weighted by Crippen LogP contribution is 1.99. The van der Waals surface area contributed by atoms with Gasteiger partial charge in [0.2, 0.25) is 0 Å². The maximum Gasteiger partial charge on any atom is 0.0958 e. The lowest BCUT2D eigenvalue weighted by Gasteiger charge is -1.82. The standard InChI is InChI=1S/C5H8F/c1-4(2)5(3)6/h1H2,2-3H3. The van der Waals surface area contributed by atoms with E-state index in [9.17, 15) is 4.39 Å². The van der Waals surface area contributed by atoms with E-state index < -0.39 is 0 Å². The first-order valence-electron chi connectivity index (χ1n) is 1.79. The summed E-state index contributed by atoms with van der Waals surface area (Å²) in [5, 5.41) is 0. The number of halogens is 1. The van der Waals surface area contributed by atoms with Crippen LogP contribution in [0.3, 0.4) is 0 Å². The SMILES string of the molecule is [CH2]C(C)=C(C)F. The van der Waals surface area contributed by atoms with E-state index in [0.29, 0.717) is 5.57 Å². The zero-order chi connectivity index (χ0) is 5.15. The third kappa shape index (κ3) is 1.94. The van der Waals surface area contributed by atoms with Crippen molar-refractivity contribution in [1.82, 2.24) is 0 Å². The van der Waals surface area contributed by atoms with Gasteiger partial charge in [0, 0.05) is 0 Å². The van der Waals surface area contributed by atoms with Crippen LogP contribution in [0.5, 0.6) is 0 Å². The molecule has 0 aliphatic heterocycles. The number of hydrogen-bond donors (Lipinski definition) is 0. The fraction of sp³-hybridized carbons (Fsp3) is 0.400. The van der Waals surface area contributed by atoms with Gasteiger partial charge in [0.15, 0.2) is 0 Å². The molecule has 0 nitrogen and oxygen atoms in total. The van der Waals surface area contributed by atoms with Crippen LogP contribution in [0.15, 0.2) is 11.4 Å². The van der Waals surface area contributed by atoms with Crippen LogP contribution in [0.25, 0.3) is 0 Å². The highest BCUT2D eigenvalue weighted by atomic mass is 19.1. The summed E-state index contributed by atoms with van der Waals surface area (Å²) in [6, 6.07) is 0. The number of rotatable bonds is 0. The Labute approximate surface area is 37.7 Å². The molecule has 0 bridgehead atoms. The molecule has 0 N–H and O–H groups in total. The normalized spacial score (nSPS) is 14.0. The van der Waals surface area contributed by atoms with E-state index in [4.69, 9.17) is 0 Å². The average Bonchev–Trinajstić information content (AvgIpc) is 1.36. The molecule has 1 heteroatoms. The Morgan fingerprint density at radius 2 is 1.67 bits per heavy atom. The highest BCUT2D eigenvalue weighted by molar-refractivity contribution is 5.04. The van der Waals surface area contributed by atoms with Gasteiger partial charge in [-0.1, -0.05) is 0 Å². The van der Waals surface area contributed by atoms with Crippen LogP contribution in [0, 0.1) is 6.92 Å². The van der Waals surface area contributed by atoms with Gasteiger partial charge in [0.1, 0.15) is 0 Å². The Morgan fingerprint density at radius 3 is 1.67 bits per heavy atom. The molecule has 0 atom stereocenters. The molecule has 1 radical (unpaired) electrons. The molecule has 6 heavy (non-hydrogen) atoms. The second kappa shape index (κ2) is 1.96. The van der Waals surface area contributed by atoms with Crippen molar-refractivity contribution in [1.29, 1.82) is 0 Å². The Hall–Kier alpha value is -0.330. The Balaban J connectivity index is 3.68. The minimum Gasteiger partial charge on any atom is -0.212 e. The second-order valence-electron chi connectivity index (χ2n) is 1.31. The van der Waals surface area contributed by atoms with Crippen molar-refractivity contribution >= 4 is 0 Å². The van der Waals surface area contributed by atoms with Crippen LogP contribution < -0.4 is 0 Å². The monoisotopic (exact) mass is 87.1 g/mol. The molecule has 35 valence electrons. The average molecular weight is 87.1 g/mol. The summed E-state index contributed by atoms with van der Waals surface area (Å²) in [7, 11) is 0. The first kappa shape index (κ1) is 5.67. The summed E-state index contributed by atoms with van der Waals surface area (Å²) in [4.78, 5) is 0. The van der Waals surface area contributed by atoms with Gasteiger partial charge in [-0.15, -0.1) is 0 Å². The van der Waals surface area contributed by atoms with E-state index in [0.717, 1.165) is 0 Å². The van der Waals surface area contributed by atoms with Crippen LogP contribution >= 0.6 is 0 Å². The van der Waals surface area contributed by atoms with Crippen LogP contribution in [0.1, 0.15) is 13.8 Å². The van der Waals surface area contributed by atoms with Crippen molar-refractivity contribution in [2.45, 2.75) is 13.8 Å². The van der Waals surface area contributed by atoms with Crippen molar-refractivity contribution in [2.75, 3.05) is 0 Å². The summed E-state index contributed by atoms with van der Waals surface area (Å²) in [5.41, 5.74) is 0.509. The minimum atomic E-state index is -0.185. The molecule has 0 aliphatic rings. The topological polar surface area (TPSA) is 0 Å². The van der Waals surface area contributed by atoms with E-state index >= 15 is 0 Å². The zero-order valence-electron chi connectivity index (χ0n) is 4.09. The van der Waals surface area contributed by atoms with Gasteiger partial charge in [-0.3, -0.25) is 0 Å². The lowest BCUT2D eigenvalue weighted by atomic mass is 10.3. The molecule has 0 amide bonds. The molecule has 0 saturated heterocycles. The Morgan fingerprint density at radius 1 is 1.50 bits per heavy atom. The summed E-state index contributed by atoms with van der Waals surface area (Å²) in [5.74, 6) is -0.185. The van der Waals surface area contributed by atoms with Crippen molar-refractivity contribution in [3.8, 4) is 0 Å². The van der Waals surface area contributed by atoms with Gasteiger partial charge in [0.25, 0.3) is 0 Å². The van der Waals surface area contributed by atoms with Gasteiger partial charge in [-0.2, -0.15) is 0 Å². The summed E-state index contributed by atoms with van der Waals surface area (Å²) >= 11 is 0. The molecule has 0 aromatic rings. The minimum absolute atomic E-state index is 0.185. The van der Waals surface area contributed by atoms with E-state index in [1.807, 2.05) is 0 Å². The molecule has 0 aromatic carbocycles. The van der Waals surface area contributed by atoms with Crippen molar-refractivity contribution in [3.05, 3.63) is 18.3 Å². The Kier molecular flexibility index (Phi) is 1.85. The third-order valence-corrected chi connectivity index (χ3v) is 0.588. The zero-order valence-corrected chi connectivity index (χ0v) is 4.09. The molecule has 0 saturated carbocycles. The highest BCUT2D eigenvalue weighted by Gasteiger charge is 1.81. The quantitative estimate of drug-likeness (QED) is 0.424. The third-order valence-electron chi connectivity index (χ3n) is 0.588. The van der Waals surface area contributed by atoms with Gasteiger partial charge in [-0.25, -0.2) is 4.39 Å². The predicted molar refractivity (Wildman–Crippen MR) is 24.8 cm³/mol. The van der Waals surface area contributed by atoms with E-state index in [1.165, 1.54) is 6.92 Å². The number of hydrogen-bond acceptors (Lipinski definition) is 0. The van der Waals surface area contributed by atoms with Crippen LogP contribution in [-0.2, 0) is 0 Å². The lowest BCUT2D eigenvalue weighted by molar-refractivity contribution is 0.631. The van der Waals surface area contributed by atoms with Crippen molar-refractivity contribution in [2.24, 2.45) is 0 Å². The van der Waals surface area contributed by atoms with Gasteiger partial charge in [-0.05, 0) is 26.3 Å². The van der Waals surface area contributed by atoms with Crippen molar-refractivity contribution in [3.63, 3.8) is 0 Å². The predicted octanol–water partition coefficient (Wildman–Crippen LogP) is 2.08. The smallest absolute Gasteiger partial charge is 0.0958 e. The largest absolute Gasteiger partial charge is 0.212 e. The van der Waals surface area contributed by atoms with Gasteiger partial charge < -0.3 is 0 Å². The van der Waals surface area contributed by atoms with Crippen molar-refractivity contribution < 1.29 is 4.39 Å². The molecule has 0 aromatic heterocycles. The summed E-state index contributed by atoms with van der Waals surface area (Å²) in [6.45, 7) is 6.37. The molecule has 0 heterocycles. The van der Waals surface area contributed by atoms with Crippen LogP contribution in [0.2, 0.25) is 0 Å².